The molecule has 0 spiro atoms. The van der Waals surface area contributed by atoms with Crippen molar-refractivity contribution in [2.24, 2.45) is 5.92 Å². The van der Waals surface area contributed by atoms with Gasteiger partial charge in [0.2, 0.25) is 0 Å². The third kappa shape index (κ3) is 3.44. The van der Waals surface area contributed by atoms with Crippen molar-refractivity contribution in [2.45, 2.75) is 32.5 Å². The number of pyridine rings is 1. The second kappa shape index (κ2) is 6.69. The number of hydrogen-bond donors (Lipinski definition) is 2. The lowest BCUT2D eigenvalue weighted by molar-refractivity contribution is 0.130. The first-order valence-corrected chi connectivity index (χ1v) is 7.84. The van der Waals surface area contributed by atoms with Crippen LogP contribution in [0.25, 0.3) is 0 Å². The van der Waals surface area contributed by atoms with Gasteiger partial charge in [0.1, 0.15) is 6.61 Å². The average molecular weight is 311 g/mol. The molecule has 3 atom stereocenters. The summed E-state index contributed by atoms with van der Waals surface area (Å²) in [7, 11) is 0. The molecule has 5 heteroatoms. The number of aromatic nitrogens is 1. The zero-order valence-corrected chi connectivity index (χ0v) is 13.3. The number of rotatable bonds is 3. The van der Waals surface area contributed by atoms with Crippen molar-refractivity contribution < 1.29 is 9.53 Å². The molecule has 0 aliphatic carbocycles. The summed E-state index contributed by atoms with van der Waals surface area (Å²) in [5.74, 6) is 0.210. The van der Waals surface area contributed by atoms with Crippen LogP contribution >= 0.6 is 0 Å². The van der Waals surface area contributed by atoms with Gasteiger partial charge in [0, 0.05) is 18.2 Å². The SMILES string of the molecule is C[C@@H]1Nc2cccnc2C(NC(=O)OCc2ccccc2)[C@H]1C. The average Bonchev–Trinajstić information content (AvgIpc) is 2.58. The van der Waals surface area contributed by atoms with Crippen molar-refractivity contribution in [3.8, 4) is 0 Å². The number of carbonyl (C=O) groups excluding carboxylic acids is 1. The van der Waals surface area contributed by atoms with Crippen molar-refractivity contribution >= 4 is 11.8 Å². The van der Waals surface area contributed by atoms with Gasteiger partial charge in [0.15, 0.2) is 0 Å². The maximum absolute atomic E-state index is 12.2. The number of amides is 1. The van der Waals surface area contributed by atoms with E-state index in [-0.39, 0.29) is 24.6 Å². The molecule has 0 fully saturated rings. The van der Waals surface area contributed by atoms with Crippen LogP contribution in [-0.4, -0.2) is 17.1 Å². The number of alkyl carbamates (subject to hydrolysis) is 1. The van der Waals surface area contributed by atoms with E-state index in [4.69, 9.17) is 4.74 Å². The number of benzene rings is 1. The maximum Gasteiger partial charge on any atom is 0.408 e. The Hall–Kier alpha value is -2.56. The molecule has 1 aromatic heterocycles. The van der Waals surface area contributed by atoms with Crippen molar-refractivity contribution in [1.82, 2.24) is 10.3 Å². The summed E-state index contributed by atoms with van der Waals surface area (Å²) >= 11 is 0. The van der Waals surface area contributed by atoms with Crippen LogP contribution in [0.1, 0.15) is 31.1 Å². The Morgan fingerprint density at radius 1 is 1.22 bits per heavy atom. The van der Waals surface area contributed by atoms with Gasteiger partial charge in [-0.25, -0.2) is 4.79 Å². The standard InChI is InChI=1S/C18H21N3O2/c1-12-13(2)20-15-9-6-10-19-17(15)16(12)21-18(22)23-11-14-7-4-3-5-8-14/h3-10,12-13,16,20H,11H2,1-2H3,(H,21,22)/t12-,13-,16?/m0/s1. The van der Waals surface area contributed by atoms with Crippen molar-refractivity contribution in [2.75, 3.05) is 5.32 Å². The molecule has 5 nitrogen and oxygen atoms in total. The summed E-state index contributed by atoms with van der Waals surface area (Å²) in [6.45, 7) is 4.46. The molecule has 2 aromatic rings. The van der Waals surface area contributed by atoms with Gasteiger partial charge >= 0.3 is 6.09 Å². The molecule has 1 aromatic carbocycles. The summed E-state index contributed by atoms with van der Waals surface area (Å²) in [5.41, 5.74) is 2.79. The Labute approximate surface area is 136 Å². The van der Waals surface area contributed by atoms with E-state index in [1.165, 1.54) is 0 Å². The highest BCUT2D eigenvalue weighted by Gasteiger charge is 2.33. The van der Waals surface area contributed by atoms with Gasteiger partial charge in [-0.1, -0.05) is 37.3 Å². The van der Waals surface area contributed by atoms with Gasteiger partial charge in [-0.3, -0.25) is 4.98 Å². The molecule has 1 unspecified atom stereocenters. The van der Waals surface area contributed by atoms with E-state index in [0.29, 0.717) is 0 Å². The molecule has 3 rings (SSSR count). The molecule has 0 saturated carbocycles. The van der Waals surface area contributed by atoms with E-state index in [9.17, 15) is 4.79 Å². The fraction of sp³-hybridized carbons (Fsp3) is 0.333. The molecular weight excluding hydrogens is 290 g/mol. The molecule has 1 aliphatic rings. The lowest BCUT2D eigenvalue weighted by Gasteiger charge is -2.36. The van der Waals surface area contributed by atoms with Gasteiger partial charge in [0.25, 0.3) is 0 Å². The molecule has 120 valence electrons. The normalized spacial score (nSPS) is 22.6. The number of ether oxygens (including phenoxy) is 1. The Kier molecular flexibility index (Phi) is 4.46. The number of hydrogen-bond acceptors (Lipinski definition) is 4. The third-order valence-electron chi connectivity index (χ3n) is 4.32. The largest absolute Gasteiger partial charge is 0.445 e. The number of nitrogens with one attached hydrogen (secondary N) is 2. The maximum atomic E-state index is 12.2. The quantitative estimate of drug-likeness (QED) is 0.910. The minimum atomic E-state index is -0.420. The molecule has 0 saturated heterocycles. The summed E-state index contributed by atoms with van der Waals surface area (Å²) in [6.07, 6.45) is 1.32. The van der Waals surface area contributed by atoms with Crippen molar-refractivity contribution in [3.63, 3.8) is 0 Å². The van der Waals surface area contributed by atoms with E-state index >= 15 is 0 Å². The Morgan fingerprint density at radius 2 is 2.00 bits per heavy atom. The van der Waals surface area contributed by atoms with Crippen LogP contribution in [0.15, 0.2) is 48.7 Å². The van der Waals surface area contributed by atoms with Crippen LogP contribution in [-0.2, 0) is 11.3 Å². The Bertz CT molecular complexity index is 675. The monoisotopic (exact) mass is 311 g/mol. The first-order chi connectivity index (χ1) is 11.1. The van der Waals surface area contributed by atoms with Crippen LogP contribution in [0.3, 0.4) is 0 Å². The number of anilines is 1. The van der Waals surface area contributed by atoms with Crippen LogP contribution in [0.4, 0.5) is 10.5 Å². The number of fused-ring (bicyclic) bond motifs is 1. The minimum absolute atomic E-state index is 0.161. The molecule has 0 bridgehead atoms. The first kappa shape index (κ1) is 15.3. The highest BCUT2D eigenvalue weighted by Crippen LogP contribution is 2.34. The summed E-state index contributed by atoms with van der Waals surface area (Å²) in [4.78, 5) is 16.6. The second-order valence-electron chi connectivity index (χ2n) is 5.91. The predicted molar refractivity (Wildman–Crippen MR) is 89.0 cm³/mol. The van der Waals surface area contributed by atoms with Gasteiger partial charge in [-0.2, -0.15) is 0 Å². The fourth-order valence-electron chi connectivity index (χ4n) is 2.79. The number of carbonyl (C=O) groups is 1. The first-order valence-electron chi connectivity index (χ1n) is 7.84. The lowest BCUT2D eigenvalue weighted by Crippen LogP contribution is -2.43. The van der Waals surface area contributed by atoms with Crippen LogP contribution in [0, 0.1) is 5.92 Å². The predicted octanol–water partition coefficient (Wildman–Crippen LogP) is 3.50. The number of nitrogens with zero attached hydrogens (tertiary/aromatic N) is 1. The molecular formula is C18H21N3O2. The zero-order valence-electron chi connectivity index (χ0n) is 13.3. The highest BCUT2D eigenvalue weighted by atomic mass is 16.5. The lowest BCUT2D eigenvalue weighted by atomic mass is 9.87. The van der Waals surface area contributed by atoms with Gasteiger partial charge in [-0.05, 0) is 24.6 Å². The summed E-state index contributed by atoms with van der Waals surface area (Å²) in [6, 6.07) is 13.6. The van der Waals surface area contributed by atoms with E-state index in [2.05, 4.69) is 29.5 Å². The fourth-order valence-corrected chi connectivity index (χ4v) is 2.79. The van der Waals surface area contributed by atoms with Gasteiger partial charge in [-0.15, -0.1) is 0 Å². The second-order valence-corrected chi connectivity index (χ2v) is 5.91. The van der Waals surface area contributed by atoms with Gasteiger partial charge in [0.05, 0.1) is 17.4 Å². The van der Waals surface area contributed by atoms with E-state index in [0.717, 1.165) is 16.9 Å². The molecule has 23 heavy (non-hydrogen) atoms. The van der Waals surface area contributed by atoms with E-state index < -0.39 is 6.09 Å². The Balaban J connectivity index is 1.67. The van der Waals surface area contributed by atoms with Crippen molar-refractivity contribution in [3.05, 3.63) is 59.9 Å². The van der Waals surface area contributed by atoms with Crippen LogP contribution < -0.4 is 10.6 Å². The summed E-state index contributed by atoms with van der Waals surface area (Å²) in [5, 5.41) is 6.38. The van der Waals surface area contributed by atoms with Gasteiger partial charge < -0.3 is 15.4 Å². The van der Waals surface area contributed by atoms with E-state index in [1.54, 1.807) is 6.20 Å². The minimum Gasteiger partial charge on any atom is -0.445 e. The molecule has 2 N–H and O–H groups in total. The zero-order chi connectivity index (χ0) is 16.2. The highest BCUT2D eigenvalue weighted by molar-refractivity contribution is 5.69. The molecule has 2 heterocycles. The topological polar surface area (TPSA) is 63.2 Å². The molecule has 1 amide bonds. The third-order valence-corrected chi connectivity index (χ3v) is 4.32. The van der Waals surface area contributed by atoms with Crippen molar-refractivity contribution in [1.29, 1.82) is 0 Å². The Morgan fingerprint density at radius 3 is 2.78 bits per heavy atom. The smallest absolute Gasteiger partial charge is 0.408 e. The van der Waals surface area contributed by atoms with E-state index in [1.807, 2.05) is 42.5 Å². The van der Waals surface area contributed by atoms with Crippen LogP contribution in [0.5, 0.6) is 0 Å². The molecule has 0 radical (unpaired) electrons. The van der Waals surface area contributed by atoms with Crippen LogP contribution in [0.2, 0.25) is 0 Å². The summed E-state index contributed by atoms with van der Waals surface area (Å²) < 4.78 is 5.33. The molecule has 1 aliphatic heterocycles.